The third kappa shape index (κ3) is 1.40. The molecule has 0 unspecified atom stereocenters. The highest BCUT2D eigenvalue weighted by atomic mass is 16.4. The Morgan fingerprint density at radius 2 is 2.29 bits per heavy atom. The monoisotopic (exact) mass is 230 g/mol. The fraction of sp³-hybridized carbons (Fsp3) is 0.308. The van der Waals surface area contributed by atoms with E-state index in [1.54, 1.807) is 6.07 Å². The molecular formula is C13H14N2O2. The number of aromatic amines is 1. The molecule has 4 nitrogen and oxygen atoms in total. The van der Waals surface area contributed by atoms with E-state index in [4.69, 9.17) is 0 Å². The van der Waals surface area contributed by atoms with E-state index < -0.39 is 5.97 Å². The molecule has 1 aromatic carbocycles. The molecule has 2 N–H and O–H groups in total. The Morgan fingerprint density at radius 1 is 1.47 bits per heavy atom. The molecular weight excluding hydrogens is 216 g/mol. The Labute approximate surface area is 98.9 Å². The number of anilines is 1. The SMILES string of the molecule is CN1CCCc2[nH]c3c(C(=O)O)cccc3c21. The zero-order valence-corrected chi connectivity index (χ0v) is 9.66. The summed E-state index contributed by atoms with van der Waals surface area (Å²) in [5.74, 6) is -0.878. The molecule has 0 atom stereocenters. The third-order valence-corrected chi connectivity index (χ3v) is 3.41. The van der Waals surface area contributed by atoms with Crippen LogP contribution in [0.1, 0.15) is 22.5 Å². The molecule has 1 aromatic heterocycles. The molecule has 1 aliphatic rings. The molecule has 4 heteroatoms. The predicted molar refractivity (Wildman–Crippen MR) is 66.8 cm³/mol. The first-order chi connectivity index (χ1) is 8.18. The van der Waals surface area contributed by atoms with Crippen LogP contribution in [0, 0.1) is 0 Å². The number of aromatic nitrogens is 1. The standard InChI is InChI=1S/C13H14N2O2/c1-15-7-3-6-10-12(15)8-4-2-5-9(13(16)17)11(8)14-10/h2,4-5,14H,3,6-7H2,1H3,(H,16,17). The van der Waals surface area contributed by atoms with Crippen LogP contribution in [0.3, 0.4) is 0 Å². The average Bonchev–Trinajstić information content (AvgIpc) is 2.67. The van der Waals surface area contributed by atoms with E-state index in [-0.39, 0.29) is 0 Å². The van der Waals surface area contributed by atoms with E-state index in [0.717, 1.165) is 41.7 Å². The van der Waals surface area contributed by atoms with Crippen LogP contribution < -0.4 is 4.90 Å². The Balaban J connectivity index is 2.34. The molecule has 0 bridgehead atoms. The van der Waals surface area contributed by atoms with Crippen LogP contribution in [0.25, 0.3) is 10.9 Å². The van der Waals surface area contributed by atoms with Gasteiger partial charge in [0.05, 0.1) is 16.8 Å². The largest absolute Gasteiger partial charge is 0.478 e. The lowest BCUT2D eigenvalue weighted by molar-refractivity contribution is 0.0699. The van der Waals surface area contributed by atoms with Crippen LogP contribution in [0.2, 0.25) is 0 Å². The number of H-pyrrole nitrogens is 1. The highest BCUT2D eigenvalue weighted by molar-refractivity contribution is 6.07. The lowest BCUT2D eigenvalue weighted by Gasteiger charge is -2.24. The quantitative estimate of drug-likeness (QED) is 0.790. The van der Waals surface area contributed by atoms with Crippen LogP contribution in [0.5, 0.6) is 0 Å². The minimum Gasteiger partial charge on any atom is -0.478 e. The predicted octanol–water partition coefficient (Wildman–Crippen LogP) is 2.25. The highest BCUT2D eigenvalue weighted by Crippen LogP contribution is 2.35. The molecule has 0 radical (unpaired) electrons. The maximum absolute atomic E-state index is 11.2. The summed E-state index contributed by atoms with van der Waals surface area (Å²) in [6, 6.07) is 5.44. The van der Waals surface area contributed by atoms with Crippen LogP contribution in [0.4, 0.5) is 5.69 Å². The van der Waals surface area contributed by atoms with Gasteiger partial charge < -0.3 is 15.0 Å². The van der Waals surface area contributed by atoms with Crippen LogP contribution in [0.15, 0.2) is 18.2 Å². The summed E-state index contributed by atoms with van der Waals surface area (Å²) in [6.07, 6.45) is 2.10. The zero-order chi connectivity index (χ0) is 12.0. The molecule has 0 aliphatic carbocycles. The number of carbonyl (C=O) groups is 1. The van der Waals surface area contributed by atoms with Gasteiger partial charge in [-0.1, -0.05) is 12.1 Å². The lowest BCUT2D eigenvalue weighted by Crippen LogP contribution is -2.23. The van der Waals surface area contributed by atoms with E-state index in [9.17, 15) is 9.90 Å². The highest BCUT2D eigenvalue weighted by Gasteiger charge is 2.21. The van der Waals surface area contributed by atoms with Crippen molar-refractivity contribution in [2.75, 3.05) is 18.5 Å². The molecule has 0 spiro atoms. The van der Waals surface area contributed by atoms with Crippen molar-refractivity contribution in [1.82, 2.24) is 4.98 Å². The van der Waals surface area contributed by atoms with Gasteiger partial charge >= 0.3 is 5.97 Å². The Hall–Kier alpha value is -1.97. The maximum atomic E-state index is 11.2. The molecule has 3 rings (SSSR count). The number of nitrogens with one attached hydrogen (secondary N) is 1. The minimum atomic E-state index is -0.878. The number of hydrogen-bond acceptors (Lipinski definition) is 2. The second-order valence-electron chi connectivity index (χ2n) is 4.51. The Bertz CT molecular complexity index is 601. The smallest absolute Gasteiger partial charge is 0.337 e. The number of carboxylic acids is 1. The first-order valence-corrected chi connectivity index (χ1v) is 5.76. The van der Waals surface area contributed by atoms with Gasteiger partial charge in [-0.25, -0.2) is 4.79 Å². The second kappa shape index (κ2) is 3.52. The number of aryl methyl sites for hydroxylation is 1. The van der Waals surface area contributed by atoms with Gasteiger partial charge in [-0.2, -0.15) is 0 Å². The van der Waals surface area contributed by atoms with Gasteiger partial charge in [0.1, 0.15) is 0 Å². The van der Waals surface area contributed by atoms with Crippen molar-refractivity contribution in [3.8, 4) is 0 Å². The van der Waals surface area contributed by atoms with Gasteiger partial charge in [0.15, 0.2) is 0 Å². The van der Waals surface area contributed by atoms with Gasteiger partial charge in [-0.15, -0.1) is 0 Å². The number of para-hydroxylation sites is 1. The topological polar surface area (TPSA) is 56.3 Å². The fourth-order valence-electron chi connectivity index (χ4n) is 2.66. The first-order valence-electron chi connectivity index (χ1n) is 5.76. The van der Waals surface area contributed by atoms with E-state index in [0.29, 0.717) is 5.56 Å². The van der Waals surface area contributed by atoms with E-state index in [1.165, 1.54) is 0 Å². The zero-order valence-electron chi connectivity index (χ0n) is 9.66. The molecule has 2 aromatic rings. The average molecular weight is 230 g/mol. The summed E-state index contributed by atoms with van der Waals surface area (Å²) >= 11 is 0. The Morgan fingerprint density at radius 3 is 3.06 bits per heavy atom. The Kier molecular flexibility index (Phi) is 2.11. The normalized spacial score (nSPS) is 15.0. The molecule has 1 aliphatic heterocycles. The van der Waals surface area contributed by atoms with E-state index in [2.05, 4.69) is 16.9 Å². The molecule has 0 saturated carbocycles. The molecule has 0 saturated heterocycles. The summed E-state index contributed by atoms with van der Waals surface area (Å²) < 4.78 is 0. The number of aromatic carboxylic acids is 1. The van der Waals surface area contributed by atoms with Crippen LogP contribution in [-0.2, 0) is 6.42 Å². The van der Waals surface area contributed by atoms with Crippen molar-refractivity contribution in [3.63, 3.8) is 0 Å². The van der Waals surface area contributed by atoms with Crippen molar-refractivity contribution < 1.29 is 9.90 Å². The van der Waals surface area contributed by atoms with Gasteiger partial charge in [0.2, 0.25) is 0 Å². The van der Waals surface area contributed by atoms with Gasteiger partial charge in [-0.05, 0) is 18.9 Å². The lowest BCUT2D eigenvalue weighted by atomic mass is 10.1. The molecule has 0 amide bonds. The third-order valence-electron chi connectivity index (χ3n) is 3.41. The molecule has 2 heterocycles. The summed E-state index contributed by atoms with van der Waals surface area (Å²) in [5, 5.41) is 10.2. The van der Waals surface area contributed by atoms with Gasteiger partial charge in [0, 0.05) is 24.7 Å². The number of benzene rings is 1. The molecule has 17 heavy (non-hydrogen) atoms. The number of hydrogen-bond donors (Lipinski definition) is 2. The maximum Gasteiger partial charge on any atom is 0.337 e. The summed E-state index contributed by atoms with van der Waals surface area (Å²) in [4.78, 5) is 16.6. The molecule has 0 fully saturated rings. The second-order valence-corrected chi connectivity index (χ2v) is 4.51. The minimum absolute atomic E-state index is 0.352. The van der Waals surface area contributed by atoms with Crippen molar-refractivity contribution in [1.29, 1.82) is 0 Å². The number of carboxylic acid groups (broad SMARTS) is 1. The number of nitrogens with zero attached hydrogens (tertiary/aromatic N) is 1. The van der Waals surface area contributed by atoms with Crippen molar-refractivity contribution in [3.05, 3.63) is 29.5 Å². The summed E-state index contributed by atoms with van der Waals surface area (Å²) in [6.45, 7) is 1.03. The van der Waals surface area contributed by atoms with E-state index >= 15 is 0 Å². The van der Waals surface area contributed by atoms with Crippen molar-refractivity contribution in [2.45, 2.75) is 12.8 Å². The fourth-order valence-corrected chi connectivity index (χ4v) is 2.66. The van der Waals surface area contributed by atoms with Gasteiger partial charge in [0.25, 0.3) is 0 Å². The molecule has 88 valence electrons. The van der Waals surface area contributed by atoms with E-state index in [1.807, 2.05) is 12.1 Å². The summed E-state index contributed by atoms with van der Waals surface area (Å²) in [7, 11) is 2.05. The van der Waals surface area contributed by atoms with Gasteiger partial charge in [-0.3, -0.25) is 0 Å². The number of rotatable bonds is 1. The van der Waals surface area contributed by atoms with Crippen LogP contribution in [-0.4, -0.2) is 29.7 Å². The number of fused-ring (bicyclic) bond motifs is 3. The first kappa shape index (κ1) is 10.2. The summed E-state index contributed by atoms with van der Waals surface area (Å²) in [5.41, 5.74) is 3.42. The van der Waals surface area contributed by atoms with Crippen molar-refractivity contribution >= 4 is 22.6 Å². The van der Waals surface area contributed by atoms with Crippen LogP contribution >= 0.6 is 0 Å². The van der Waals surface area contributed by atoms with Crippen molar-refractivity contribution in [2.24, 2.45) is 0 Å².